The van der Waals surface area contributed by atoms with E-state index in [1.165, 1.54) is 10.6 Å². The first-order valence-corrected chi connectivity index (χ1v) is 5.31. The molecule has 0 aliphatic rings. The summed E-state index contributed by atoms with van der Waals surface area (Å²) in [7, 11) is 0. The van der Waals surface area contributed by atoms with Gasteiger partial charge in [0.15, 0.2) is 0 Å². The van der Waals surface area contributed by atoms with Crippen LogP contribution in [0.4, 0.5) is 5.69 Å². The van der Waals surface area contributed by atoms with E-state index < -0.39 is 0 Å². The molecule has 2 aromatic rings. The molecule has 1 aromatic heterocycles. The summed E-state index contributed by atoms with van der Waals surface area (Å²) >= 11 is 0. The summed E-state index contributed by atoms with van der Waals surface area (Å²) in [6.07, 6.45) is 1.63. The molecule has 0 aliphatic carbocycles. The Morgan fingerprint density at radius 3 is 2.82 bits per heavy atom. The molecule has 17 heavy (non-hydrogen) atoms. The van der Waals surface area contributed by atoms with E-state index in [0.717, 1.165) is 11.1 Å². The van der Waals surface area contributed by atoms with E-state index in [1.54, 1.807) is 31.3 Å². The zero-order valence-corrected chi connectivity index (χ0v) is 9.55. The molecule has 2 rings (SSSR count). The average molecular weight is 230 g/mol. The molecule has 1 aromatic carbocycles. The van der Waals surface area contributed by atoms with Crippen LogP contribution in [0.15, 0.2) is 41.3 Å². The van der Waals surface area contributed by atoms with Crippen molar-refractivity contribution in [2.75, 3.05) is 5.73 Å². The number of aromatic nitrogens is 1. The zero-order valence-electron chi connectivity index (χ0n) is 9.55. The van der Waals surface area contributed by atoms with E-state index in [4.69, 9.17) is 5.73 Å². The van der Waals surface area contributed by atoms with Crippen molar-refractivity contribution in [3.8, 4) is 5.75 Å². The lowest BCUT2D eigenvalue weighted by Gasteiger charge is -2.08. The number of nitrogen functional groups attached to an aromatic ring is 1. The summed E-state index contributed by atoms with van der Waals surface area (Å²) in [4.78, 5) is 11.7. The molecule has 0 spiro atoms. The predicted octanol–water partition coefficient (Wildman–Crippen LogP) is 1.49. The van der Waals surface area contributed by atoms with Gasteiger partial charge in [-0.1, -0.05) is 12.1 Å². The fourth-order valence-electron chi connectivity index (χ4n) is 1.66. The molecular formula is C13H14N2O2. The molecule has 4 heteroatoms. The summed E-state index contributed by atoms with van der Waals surface area (Å²) < 4.78 is 1.52. The fourth-order valence-corrected chi connectivity index (χ4v) is 1.66. The lowest BCUT2D eigenvalue weighted by atomic mass is 10.2. The van der Waals surface area contributed by atoms with Crippen LogP contribution in [-0.4, -0.2) is 9.67 Å². The van der Waals surface area contributed by atoms with Gasteiger partial charge in [-0.15, -0.1) is 0 Å². The Bertz CT molecular complexity index is 603. The highest BCUT2D eigenvalue weighted by atomic mass is 16.3. The summed E-state index contributed by atoms with van der Waals surface area (Å²) in [6.45, 7) is 2.20. The molecule has 0 saturated carbocycles. The number of phenolic OH excluding ortho intramolecular Hbond substituents is 1. The van der Waals surface area contributed by atoms with Gasteiger partial charge in [0.25, 0.3) is 5.56 Å². The summed E-state index contributed by atoms with van der Waals surface area (Å²) in [5, 5.41) is 9.35. The smallest absolute Gasteiger partial charge is 0.251 e. The number of anilines is 1. The van der Waals surface area contributed by atoms with Crippen molar-refractivity contribution in [3.05, 3.63) is 58.0 Å². The third kappa shape index (κ3) is 2.47. The molecule has 0 amide bonds. The highest BCUT2D eigenvalue weighted by Crippen LogP contribution is 2.12. The second-order valence-electron chi connectivity index (χ2n) is 4.05. The standard InChI is InChI=1S/C13H14N2O2/c1-9-5-13(17)15(8-12(9)14)7-10-3-2-4-11(16)6-10/h2-6,8,16H,7,14H2,1H3. The van der Waals surface area contributed by atoms with Crippen molar-refractivity contribution >= 4 is 5.69 Å². The Morgan fingerprint density at radius 2 is 2.12 bits per heavy atom. The number of benzene rings is 1. The Labute approximate surface area is 98.9 Å². The molecule has 0 atom stereocenters. The Hall–Kier alpha value is -2.23. The average Bonchev–Trinajstić information content (AvgIpc) is 2.26. The van der Waals surface area contributed by atoms with Crippen LogP contribution in [0.2, 0.25) is 0 Å². The van der Waals surface area contributed by atoms with Gasteiger partial charge in [-0.2, -0.15) is 0 Å². The van der Waals surface area contributed by atoms with Crippen LogP contribution < -0.4 is 11.3 Å². The van der Waals surface area contributed by atoms with Crippen molar-refractivity contribution in [3.63, 3.8) is 0 Å². The number of hydrogen-bond acceptors (Lipinski definition) is 3. The maximum atomic E-state index is 11.7. The van der Waals surface area contributed by atoms with Crippen LogP contribution in [-0.2, 0) is 6.54 Å². The van der Waals surface area contributed by atoms with E-state index >= 15 is 0 Å². The first-order chi connectivity index (χ1) is 8.06. The van der Waals surface area contributed by atoms with Gasteiger partial charge >= 0.3 is 0 Å². The van der Waals surface area contributed by atoms with Crippen LogP contribution in [0.25, 0.3) is 0 Å². The van der Waals surface area contributed by atoms with Crippen molar-refractivity contribution in [2.24, 2.45) is 0 Å². The Balaban J connectivity index is 2.37. The quantitative estimate of drug-likeness (QED) is 0.821. The molecule has 0 radical (unpaired) electrons. The van der Waals surface area contributed by atoms with Gasteiger partial charge in [0, 0.05) is 12.3 Å². The number of nitrogens with two attached hydrogens (primary N) is 1. The van der Waals surface area contributed by atoms with E-state index in [2.05, 4.69) is 0 Å². The lowest BCUT2D eigenvalue weighted by molar-refractivity contribution is 0.474. The topological polar surface area (TPSA) is 68.2 Å². The van der Waals surface area contributed by atoms with Gasteiger partial charge in [0.05, 0.1) is 12.2 Å². The molecule has 3 N–H and O–H groups in total. The Kier molecular flexibility index (Phi) is 2.87. The molecule has 88 valence electrons. The van der Waals surface area contributed by atoms with Crippen LogP contribution >= 0.6 is 0 Å². The lowest BCUT2D eigenvalue weighted by Crippen LogP contribution is -2.20. The first-order valence-electron chi connectivity index (χ1n) is 5.31. The number of nitrogens with zero attached hydrogens (tertiary/aromatic N) is 1. The van der Waals surface area contributed by atoms with E-state index in [1.807, 2.05) is 6.07 Å². The monoisotopic (exact) mass is 230 g/mol. The number of aryl methyl sites for hydroxylation is 1. The van der Waals surface area contributed by atoms with E-state index in [-0.39, 0.29) is 11.3 Å². The molecule has 4 nitrogen and oxygen atoms in total. The van der Waals surface area contributed by atoms with E-state index in [9.17, 15) is 9.90 Å². The highest BCUT2D eigenvalue weighted by Gasteiger charge is 2.02. The van der Waals surface area contributed by atoms with Crippen molar-refractivity contribution < 1.29 is 5.11 Å². The minimum atomic E-state index is -0.0972. The fraction of sp³-hybridized carbons (Fsp3) is 0.154. The number of hydrogen-bond donors (Lipinski definition) is 2. The van der Waals surface area contributed by atoms with Crippen LogP contribution in [0, 0.1) is 6.92 Å². The summed E-state index contributed by atoms with van der Waals surface area (Å²) in [5.41, 5.74) is 7.89. The number of phenols is 1. The summed E-state index contributed by atoms with van der Waals surface area (Å²) in [5.74, 6) is 0.190. The van der Waals surface area contributed by atoms with Crippen molar-refractivity contribution in [1.82, 2.24) is 4.57 Å². The molecule has 0 unspecified atom stereocenters. The SMILES string of the molecule is Cc1cc(=O)n(Cc2cccc(O)c2)cc1N. The molecule has 1 heterocycles. The maximum absolute atomic E-state index is 11.7. The minimum Gasteiger partial charge on any atom is -0.508 e. The van der Waals surface area contributed by atoms with Gasteiger partial charge in [-0.05, 0) is 30.2 Å². The Morgan fingerprint density at radius 1 is 1.35 bits per heavy atom. The molecule has 0 saturated heterocycles. The van der Waals surface area contributed by atoms with Crippen LogP contribution in [0.1, 0.15) is 11.1 Å². The van der Waals surface area contributed by atoms with Crippen molar-refractivity contribution in [1.29, 1.82) is 0 Å². The molecular weight excluding hydrogens is 216 g/mol. The van der Waals surface area contributed by atoms with Crippen molar-refractivity contribution in [2.45, 2.75) is 13.5 Å². The zero-order chi connectivity index (χ0) is 12.4. The molecule has 0 fully saturated rings. The summed E-state index contributed by atoms with van der Waals surface area (Å²) in [6, 6.07) is 8.33. The number of rotatable bonds is 2. The first kappa shape index (κ1) is 11.3. The van der Waals surface area contributed by atoms with Gasteiger partial charge < -0.3 is 15.4 Å². The second kappa shape index (κ2) is 4.33. The highest BCUT2D eigenvalue weighted by molar-refractivity contribution is 5.43. The van der Waals surface area contributed by atoms with Gasteiger partial charge in [0.2, 0.25) is 0 Å². The molecule has 0 bridgehead atoms. The molecule has 0 aliphatic heterocycles. The second-order valence-corrected chi connectivity index (χ2v) is 4.05. The third-order valence-electron chi connectivity index (χ3n) is 2.64. The maximum Gasteiger partial charge on any atom is 0.251 e. The number of pyridine rings is 1. The van der Waals surface area contributed by atoms with Crippen LogP contribution in [0.3, 0.4) is 0 Å². The largest absolute Gasteiger partial charge is 0.508 e. The third-order valence-corrected chi connectivity index (χ3v) is 2.64. The minimum absolute atomic E-state index is 0.0972. The van der Waals surface area contributed by atoms with Gasteiger partial charge in [0.1, 0.15) is 5.75 Å². The number of aromatic hydroxyl groups is 1. The van der Waals surface area contributed by atoms with Gasteiger partial charge in [-0.25, -0.2) is 0 Å². The van der Waals surface area contributed by atoms with E-state index in [0.29, 0.717) is 12.2 Å². The normalized spacial score (nSPS) is 10.4. The predicted molar refractivity (Wildman–Crippen MR) is 67.1 cm³/mol. The van der Waals surface area contributed by atoms with Crippen LogP contribution in [0.5, 0.6) is 5.75 Å². The van der Waals surface area contributed by atoms with Gasteiger partial charge in [-0.3, -0.25) is 4.79 Å².